The first-order chi connectivity index (χ1) is 16.3. The molecule has 0 aliphatic heterocycles. The van der Waals surface area contributed by atoms with Crippen LogP contribution in [0.4, 0.5) is 0 Å². The van der Waals surface area contributed by atoms with E-state index in [0.29, 0.717) is 23.5 Å². The van der Waals surface area contributed by atoms with Crippen molar-refractivity contribution in [1.82, 2.24) is 9.97 Å². The average molecular weight is 449 g/mol. The van der Waals surface area contributed by atoms with Crippen LogP contribution in [0.2, 0.25) is 0 Å². The number of furan rings is 1. The first kappa shape index (κ1) is 22.3. The monoisotopic (exact) mass is 448 g/mol. The molecule has 0 aliphatic rings. The molecule has 3 aromatic heterocycles. The molecule has 0 radical (unpaired) electrons. The summed E-state index contributed by atoms with van der Waals surface area (Å²) in [5.74, 6) is 1.60. The summed E-state index contributed by atoms with van der Waals surface area (Å²) in [6.45, 7) is 13.4. The van der Waals surface area contributed by atoms with Crippen LogP contribution in [-0.4, -0.2) is 9.97 Å². The van der Waals surface area contributed by atoms with E-state index in [1.54, 1.807) is 0 Å². The van der Waals surface area contributed by atoms with E-state index < -0.39 is 0 Å². The van der Waals surface area contributed by atoms with E-state index in [9.17, 15) is 0 Å². The SMILES string of the molecule is Cc1cccc(C)c1-c1ccc2c(n1)oc1c(-c3cc(C(C(C)C)C(C)C)ccn3)cccc12. The summed E-state index contributed by atoms with van der Waals surface area (Å²) < 4.78 is 6.42. The highest BCUT2D eigenvalue weighted by atomic mass is 16.3. The van der Waals surface area contributed by atoms with E-state index in [-0.39, 0.29) is 0 Å². The average Bonchev–Trinajstić information content (AvgIpc) is 3.17. The lowest BCUT2D eigenvalue weighted by Crippen LogP contribution is -2.13. The van der Waals surface area contributed by atoms with Crippen molar-refractivity contribution in [3.63, 3.8) is 0 Å². The number of nitrogens with zero attached hydrogens (tertiary/aromatic N) is 2. The van der Waals surface area contributed by atoms with Crippen LogP contribution in [0, 0.1) is 25.7 Å². The third-order valence-electron chi connectivity index (χ3n) is 6.98. The van der Waals surface area contributed by atoms with Gasteiger partial charge in [0.05, 0.1) is 11.4 Å². The highest BCUT2D eigenvalue weighted by Gasteiger charge is 2.21. The van der Waals surface area contributed by atoms with Crippen molar-refractivity contribution in [2.45, 2.75) is 47.5 Å². The van der Waals surface area contributed by atoms with Gasteiger partial charge in [0.2, 0.25) is 5.71 Å². The molecular weight excluding hydrogens is 416 g/mol. The van der Waals surface area contributed by atoms with Crippen molar-refractivity contribution in [2.24, 2.45) is 11.8 Å². The minimum absolute atomic E-state index is 0.484. The predicted molar refractivity (Wildman–Crippen MR) is 142 cm³/mol. The van der Waals surface area contributed by atoms with Crippen LogP contribution in [0.25, 0.3) is 44.6 Å². The lowest BCUT2D eigenvalue weighted by molar-refractivity contribution is 0.387. The molecule has 0 saturated carbocycles. The van der Waals surface area contributed by atoms with Gasteiger partial charge in [-0.2, -0.15) is 0 Å². The molecule has 3 nitrogen and oxygen atoms in total. The van der Waals surface area contributed by atoms with Gasteiger partial charge in [-0.15, -0.1) is 0 Å². The zero-order valence-electron chi connectivity index (χ0n) is 20.9. The summed E-state index contributed by atoms with van der Waals surface area (Å²) in [7, 11) is 0. The quantitative estimate of drug-likeness (QED) is 0.270. The topological polar surface area (TPSA) is 38.9 Å². The van der Waals surface area contributed by atoms with Crippen molar-refractivity contribution in [2.75, 3.05) is 0 Å². The van der Waals surface area contributed by atoms with Gasteiger partial charge in [-0.05, 0) is 78.6 Å². The number of fused-ring (bicyclic) bond motifs is 3. The summed E-state index contributed by atoms with van der Waals surface area (Å²) in [5.41, 5.74) is 9.36. The molecule has 5 rings (SSSR count). The van der Waals surface area contributed by atoms with Crippen LogP contribution in [0.5, 0.6) is 0 Å². The van der Waals surface area contributed by atoms with Gasteiger partial charge in [0.15, 0.2) is 0 Å². The van der Waals surface area contributed by atoms with Crippen LogP contribution in [0.3, 0.4) is 0 Å². The molecule has 34 heavy (non-hydrogen) atoms. The summed E-state index contributed by atoms with van der Waals surface area (Å²) in [4.78, 5) is 9.68. The maximum absolute atomic E-state index is 6.42. The van der Waals surface area contributed by atoms with Gasteiger partial charge in [-0.1, -0.05) is 58.0 Å². The molecule has 0 bridgehead atoms. The number of aromatic nitrogens is 2. The molecule has 0 amide bonds. The second-order valence-electron chi connectivity index (χ2n) is 10.1. The Morgan fingerprint density at radius 3 is 2.15 bits per heavy atom. The Hall–Kier alpha value is -3.46. The van der Waals surface area contributed by atoms with Crippen LogP contribution >= 0.6 is 0 Å². The van der Waals surface area contributed by atoms with E-state index in [1.807, 2.05) is 6.20 Å². The fourth-order valence-electron chi connectivity index (χ4n) is 5.58. The van der Waals surface area contributed by atoms with Gasteiger partial charge in [0.1, 0.15) is 5.58 Å². The predicted octanol–water partition coefficient (Wildman–Crippen LogP) is 8.72. The smallest absolute Gasteiger partial charge is 0.227 e. The van der Waals surface area contributed by atoms with Crippen molar-refractivity contribution in [3.8, 4) is 22.5 Å². The van der Waals surface area contributed by atoms with Crippen LogP contribution in [0.15, 0.2) is 71.3 Å². The number of benzene rings is 2. The summed E-state index contributed by atoms with van der Waals surface area (Å²) >= 11 is 0. The second-order valence-corrected chi connectivity index (χ2v) is 10.1. The maximum atomic E-state index is 6.42. The number of hydrogen-bond acceptors (Lipinski definition) is 3. The van der Waals surface area contributed by atoms with Crippen LogP contribution in [-0.2, 0) is 0 Å². The Morgan fingerprint density at radius 1 is 0.735 bits per heavy atom. The first-order valence-corrected chi connectivity index (χ1v) is 12.2. The maximum Gasteiger partial charge on any atom is 0.227 e. The standard InChI is InChI=1S/C31H32N2O/c1-18(2)28(19(3)4)22-15-16-32-27(17-22)25-12-8-11-23-24-13-14-26(33-31(24)34-30(23)25)29-20(5)9-7-10-21(29)6/h7-19,28H,1-6H3. The van der Waals surface area contributed by atoms with Crippen molar-refractivity contribution in [3.05, 3.63) is 83.6 Å². The van der Waals surface area contributed by atoms with E-state index in [2.05, 4.69) is 102 Å². The summed E-state index contributed by atoms with van der Waals surface area (Å²) in [6, 6.07) is 21.3. The van der Waals surface area contributed by atoms with Gasteiger partial charge >= 0.3 is 0 Å². The number of para-hydroxylation sites is 1. The fourth-order valence-corrected chi connectivity index (χ4v) is 5.58. The van der Waals surface area contributed by atoms with Crippen LogP contribution < -0.4 is 0 Å². The molecule has 0 saturated heterocycles. The molecule has 0 unspecified atom stereocenters. The van der Waals surface area contributed by atoms with Gasteiger partial charge in [-0.25, -0.2) is 4.98 Å². The third-order valence-corrected chi connectivity index (χ3v) is 6.98. The summed E-state index contributed by atoms with van der Waals surface area (Å²) in [5, 5.41) is 2.11. The Labute approximate surface area is 201 Å². The lowest BCUT2D eigenvalue weighted by Gasteiger charge is -2.25. The molecular formula is C31H32N2O. The van der Waals surface area contributed by atoms with Crippen molar-refractivity contribution in [1.29, 1.82) is 0 Å². The fraction of sp³-hybridized carbons (Fsp3) is 0.290. The highest BCUT2D eigenvalue weighted by Crippen LogP contribution is 2.38. The molecule has 5 aromatic rings. The molecule has 0 fully saturated rings. The van der Waals surface area contributed by atoms with Crippen LogP contribution in [0.1, 0.15) is 50.3 Å². The minimum Gasteiger partial charge on any atom is -0.437 e. The zero-order valence-corrected chi connectivity index (χ0v) is 20.9. The molecule has 0 N–H and O–H groups in total. The van der Waals surface area contributed by atoms with E-state index in [1.165, 1.54) is 22.3 Å². The molecule has 0 aliphatic carbocycles. The first-order valence-electron chi connectivity index (χ1n) is 12.2. The molecule has 172 valence electrons. The van der Waals surface area contributed by atoms with Gasteiger partial charge < -0.3 is 4.42 Å². The number of rotatable bonds is 5. The van der Waals surface area contributed by atoms with Crippen molar-refractivity contribution < 1.29 is 4.42 Å². The highest BCUT2D eigenvalue weighted by molar-refractivity contribution is 6.08. The Morgan fingerprint density at radius 2 is 1.44 bits per heavy atom. The molecule has 2 aromatic carbocycles. The lowest BCUT2D eigenvalue weighted by atomic mass is 9.80. The number of aryl methyl sites for hydroxylation is 2. The van der Waals surface area contributed by atoms with E-state index in [0.717, 1.165) is 33.3 Å². The zero-order chi connectivity index (χ0) is 24.0. The van der Waals surface area contributed by atoms with E-state index in [4.69, 9.17) is 14.4 Å². The van der Waals surface area contributed by atoms with Crippen molar-refractivity contribution >= 4 is 22.1 Å². The second kappa shape index (κ2) is 8.72. The Bertz CT molecular complexity index is 1460. The molecule has 0 atom stereocenters. The van der Waals surface area contributed by atoms with Gasteiger partial charge in [0, 0.05) is 28.1 Å². The Balaban J connectivity index is 1.66. The number of hydrogen-bond donors (Lipinski definition) is 0. The van der Waals surface area contributed by atoms with Gasteiger partial charge in [0.25, 0.3) is 0 Å². The van der Waals surface area contributed by atoms with Gasteiger partial charge in [-0.3, -0.25) is 4.98 Å². The Kier molecular flexibility index (Phi) is 5.73. The minimum atomic E-state index is 0.484. The molecule has 3 heterocycles. The molecule has 0 spiro atoms. The van der Waals surface area contributed by atoms with E-state index >= 15 is 0 Å². The third kappa shape index (κ3) is 3.79. The normalized spacial score (nSPS) is 12.0. The number of pyridine rings is 2. The molecule has 3 heteroatoms. The largest absolute Gasteiger partial charge is 0.437 e. The summed E-state index contributed by atoms with van der Waals surface area (Å²) in [6.07, 6.45) is 1.93.